The van der Waals surface area contributed by atoms with Crippen LogP contribution in [0.3, 0.4) is 0 Å². The zero-order valence-corrected chi connectivity index (χ0v) is 29.7. The van der Waals surface area contributed by atoms with Gasteiger partial charge in [-0.25, -0.2) is 9.50 Å². The van der Waals surface area contributed by atoms with E-state index in [9.17, 15) is 23.2 Å². The first-order valence-electron chi connectivity index (χ1n) is 16.8. The maximum absolute atomic E-state index is 13.5. The van der Waals surface area contributed by atoms with Gasteiger partial charge < -0.3 is 19.9 Å². The lowest BCUT2D eigenvalue weighted by Gasteiger charge is -2.38. The summed E-state index contributed by atoms with van der Waals surface area (Å²) in [6.07, 6.45) is 10.1. The summed E-state index contributed by atoms with van der Waals surface area (Å²) in [7, 11) is 3.56. The molecule has 2 aliphatic heterocycles. The normalized spacial score (nSPS) is 16.2. The minimum Gasteiger partial charge on any atom is -0.434 e. The molecule has 6 rings (SSSR count). The van der Waals surface area contributed by atoms with Crippen LogP contribution < -0.4 is 10.1 Å². The van der Waals surface area contributed by atoms with Crippen molar-refractivity contribution in [2.45, 2.75) is 30.9 Å². The summed E-state index contributed by atoms with van der Waals surface area (Å²) in [5, 5.41) is 11.6. The van der Waals surface area contributed by atoms with Crippen molar-refractivity contribution in [1.82, 2.24) is 44.0 Å². The second-order valence-corrected chi connectivity index (χ2v) is 13.8. The molecule has 0 atom stereocenters. The number of aromatic nitrogens is 5. The highest BCUT2D eigenvalue weighted by Crippen LogP contribution is 2.38. The van der Waals surface area contributed by atoms with Gasteiger partial charge in [-0.2, -0.15) is 19.0 Å². The smallest absolute Gasteiger partial charge is 0.387 e. The zero-order chi connectivity index (χ0) is 36.1. The summed E-state index contributed by atoms with van der Waals surface area (Å²) in [4.78, 5) is 52.2. The summed E-state index contributed by atoms with van der Waals surface area (Å²) < 4.78 is 34.6. The molecule has 272 valence electrons. The number of amides is 3. The van der Waals surface area contributed by atoms with Gasteiger partial charge in [0.25, 0.3) is 5.91 Å². The number of alkyl halides is 2. The molecule has 2 aliphatic rings. The minimum atomic E-state index is -3.08. The standard InChI is InChI=1S/C34H42F2N10O4S/c1-41(2)29(47)21-42-11-7-23(8-12-42)19-43-13-15-44(16-14-43)30(48)22-45-20-27(39-33(49)26-18-38-46-10-4-9-37-32(26)46)31(40-45)25-17-24(51-3)5-6-28(25)50-34(35)36/h4-6,9-10,17-18,20,23,34H,7-8,11-16,19,21-22H2,1-3H3,(H,39,49). The summed E-state index contributed by atoms with van der Waals surface area (Å²) in [6.45, 7) is 2.67. The lowest BCUT2D eigenvalue weighted by atomic mass is 9.96. The molecule has 0 bridgehead atoms. The number of thioether (sulfide) groups is 1. The van der Waals surface area contributed by atoms with E-state index in [1.165, 1.54) is 39.4 Å². The first kappa shape index (κ1) is 36.2. The number of rotatable bonds is 12. The number of piperidine rings is 1. The Morgan fingerprint density at radius 3 is 2.53 bits per heavy atom. The maximum atomic E-state index is 13.5. The Kier molecular flexibility index (Phi) is 11.5. The number of fused-ring (bicyclic) bond motifs is 1. The van der Waals surface area contributed by atoms with E-state index in [4.69, 9.17) is 4.74 Å². The van der Waals surface area contributed by atoms with E-state index in [1.54, 1.807) is 54.5 Å². The van der Waals surface area contributed by atoms with Crippen molar-refractivity contribution in [3.05, 3.63) is 54.6 Å². The van der Waals surface area contributed by atoms with Crippen LogP contribution in [0.1, 0.15) is 23.2 Å². The third kappa shape index (κ3) is 8.83. The van der Waals surface area contributed by atoms with Crippen molar-refractivity contribution < 1.29 is 27.9 Å². The number of benzene rings is 1. The highest BCUT2D eigenvalue weighted by molar-refractivity contribution is 7.98. The van der Waals surface area contributed by atoms with Crippen molar-refractivity contribution in [3.63, 3.8) is 0 Å². The molecule has 2 fully saturated rings. The van der Waals surface area contributed by atoms with Gasteiger partial charge in [-0.1, -0.05) is 0 Å². The van der Waals surface area contributed by atoms with Crippen molar-refractivity contribution in [2.24, 2.45) is 5.92 Å². The third-order valence-corrected chi connectivity index (χ3v) is 10.0. The number of carbonyl (C=O) groups is 3. The van der Waals surface area contributed by atoms with Gasteiger partial charge in [0, 0.05) is 75.9 Å². The van der Waals surface area contributed by atoms with Crippen molar-refractivity contribution in [3.8, 4) is 17.0 Å². The molecule has 3 amide bonds. The summed E-state index contributed by atoms with van der Waals surface area (Å²) in [5.41, 5.74) is 1.17. The summed E-state index contributed by atoms with van der Waals surface area (Å²) >= 11 is 1.41. The number of likely N-dealkylation sites (tertiary alicyclic amines) is 1. The summed E-state index contributed by atoms with van der Waals surface area (Å²) in [6, 6.07) is 6.45. The Hall–Kier alpha value is -4.61. The Morgan fingerprint density at radius 2 is 1.82 bits per heavy atom. The minimum absolute atomic E-state index is 0.113. The van der Waals surface area contributed by atoms with E-state index in [2.05, 4.69) is 30.3 Å². The summed E-state index contributed by atoms with van der Waals surface area (Å²) in [5.74, 6) is -0.116. The number of carbonyl (C=O) groups excluding carboxylic acids is 3. The van der Waals surface area contributed by atoms with Gasteiger partial charge in [0.1, 0.15) is 23.6 Å². The molecule has 4 aromatic rings. The molecule has 0 saturated carbocycles. The largest absolute Gasteiger partial charge is 0.434 e. The molecule has 1 aromatic carbocycles. The van der Waals surface area contributed by atoms with E-state index in [-0.39, 0.29) is 46.6 Å². The first-order chi connectivity index (χ1) is 24.6. The molecule has 14 nitrogen and oxygen atoms in total. The Bertz CT molecular complexity index is 1850. The molecule has 2 saturated heterocycles. The molecular weight excluding hydrogens is 683 g/mol. The molecule has 0 radical (unpaired) electrons. The van der Waals surface area contributed by atoms with Crippen LogP contribution in [0.2, 0.25) is 0 Å². The van der Waals surface area contributed by atoms with E-state index in [1.807, 2.05) is 6.26 Å². The van der Waals surface area contributed by atoms with E-state index in [0.29, 0.717) is 31.2 Å². The van der Waals surface area contributed by atoms with Crippen LogP contribution in [0.25, 0.3) is 16.9 Å². The number of likely N-dealkylation sites (N-methyl/N-ethyl adjacent to an activating group) is 1. The number of piperazine rings is 1. The van der Waals surface area contributed by atoms with Crippen LogP contribution in [-0.4, -0.2) is 141 Å². The molecular formula is C34H42F2N10O4S. The number of ether oxygens (including phenoxy) is 1. The predicted molar refractivity (Wildman–Crippen MR) is 188 cm³/mol. The quantitative estimate of drug-likeness (QED) is 0.218. The van der Waals surface area contributed by atoms with Crippen LogP contribution in [0.15, 0.2) is 53.9 Å². The molecule has 17 heteroatoms. The maximum Gasteiger partial charge on any atom is 0.387 e. The topological polar surface area (TPSA) is 133 Å². The van der Waals surface area contributed by atoms with E-state index >= 15 is 0 Å². The number of nitrogens with zero attached hydrogens (tertiary/aromatic N) is 9. The number of halogens is 2. The Morgan fingerprint density at radius 1 is 1.06 bits per heavy atom. The fourth-order valence-electron chi connectivity index (χ4n) is 6.43. The van der Waals surface area contributed by atoms with Crippen LogP contribution >= 0.6 is 11.8 Å². The number of anilines is 1. The van der Waals surface area contributed by atoms with Gasteiger partial charge in [-0.15, -0.1) is 11.8 Å². The van der Waals surface area contributed by atoms with Crippen molar-refractivity contribution in [1.29, 1.82) is 0 Å². The number of nitrogens with one attached hydrogen (secondary N) is 1. The first-order valence-corrected chi connectivity index (χ1v) is 18.0. The fraction of sp³-hybridized carbons (Fsp3) is 0.471. The monoisotopic (exact) mass is 724 g/mol. The Labute approximate surface area is 298 Å². The number of hydrogen-bond donors (Lipinski definition) is 1. The van der Waals surface area contributed by atoms with Gasteiger partial charge in [0.05, 0.1) is 18.4 Å². The van der Waals surface area contributed by atoms with E-state index < -0.39 is 12.5 Å². The molecule has 0 unspecified atom stereocenters. The second-order valence-electron chi connectivity index (χ2n) is 12.9. The van der Waals surface area contributed by atoms with Crippen molar-refractivity contribution >= 4 is 40.8 Å². The highest BCUT2D eigenvalue weighted by atomic mass is 32.2. The van der Waals surface area contributed by atoms with Gasteiger partial charge in [-0.3, -0.25) is 28.9 Å². The van der Waals surface area contributed by atoms with Gasteiger partial charge >= 0.3 is 6.61 Å². The van der Waals surface area contributed by atoms with Gasteiger partial charge in [0.15, 0.2) is 5.65 Å². The molecule has 1 N–H and O–H groups in total. The fourth-order valence-corrected chi connectivity index (χ4v) is 6.87. The van der Waals surface area contributed by atoms with Crippen molar-refractivity contribution in [2.75, 3.05) is 78.0 Å². The van der Waals surface area contributed by atoms with Gasteiger partial charge in [-0.05, 0) is 62.4 Å². The average Bonchev–Trinajstić information content (AvgIpc) is 3.73. The van der Waals surface area contributed by atoms with Crippen LogP contribution in [0, 0.1) is 5.92 Å². The van der Waals surface area contributed by atoms with Gasteiger partial charge in [0.2, 0.25) is 11.8 Å². The molecule has 5 heterocycles. The number of hydrogen-bond acceptors (Lipinski definition) is 10. The van der Waals surface area contributed by atoms with Crippen LogP contribution in [-0.2, 0) is 16.1 Å². The zero-order valence-electron chi connectivity index (χ0n) is 28.9. The second kappa shape index (κ2) is 16.2. The van der Waals surface area contributed by atoms with E-state index in [0.717, 1.165) is 50.5 Å². The predicted octanol–water partition coefficient (Wildman–Crippen LogP) is 3.11. The third-order valence-electron chi connectivity index (χ3n) is 9.30. The van der Waals surface area contributed by atoms with Crippen LogP contribution in [0.5, 0.6) is 5.75 Å². The van der Waals surface area contributed by atoms with Crippen LogP contribution in [0.4, 0.5) is 14.5 Å². The lowest BCUT2D eigenvalue weighted by molar-refractivity contribution is -0.134. The molecule has 51 heavy (non-hydrogen) atoms. The Balaban J connectivity index is 1.13. The molecule has 0 spiro atoms. The molecule has 0 aliphatic carbocycles. The molecule has 3 aromatic heterocycles. The average molecular weight is 725 g/mol. The highest BCUT2D eigenvalue weighted by Gasteiger charge is 2.28. The lowest BCUT2D eigenvalue weighted by Crippen LogP contribution is -2.51. The SMILES string of the molecule is CSc1ccc(OC(F)F)c(-c2nn(CC(=O)N3CCN(CC4CCN(CC(=O)N(C)C)CC4)CC3)cc2NC(=O)c2cnn3cccnc23)c1.